The molecule has 73 heavy (non-hydrogen) atoms. The highest BCUT2D eigenvalue weighted by Crippen LogP contribution is 2.47. The molecule has 2 saturated heterocycles. The van der Waals surface area contributed by atoms with Gasteiger partial charge in [0.05, 0.1) is 53.6 Å². The van der Waals surface area contributed by atoms with Gasteiger partial charge in [0.2, 0.25) is 0 Å². The first kappa shape index (κ1) is 61.6. The Bertz CT molecular complexity index is 2250. The number of aliphatic hydroxyl groups excluding tert-OH is 6. The number of carbonyl (C=O) groups is 3. The van der Waals surface area contributed by atoms with Crippen LogP contribution in [-0.2, 0) is 47.5 Å². The van der Waals surface area contributed by atoms with Gasteiger partial charge >= 0.3 is 17.9 Å². The van der Waals surface area contributed by atoms with E-state index < -0.39 is 155 Å². The molecule has 19 nitrogen and oxygen atoms in total. The van der Waals surface area contributed by atoms with Gasteiger partial charge in [-0.15, -0.1) is 0 Å². The van der Waals surface area contributed by atoms with Crippen molar-refractivity contribution in [3.05, 3.63) is 79.9 Å². The summed E-state index contributed by atoms with van der Waals surface area (Å²) < 4.78 is 47.4. The number of phenolic OH excluding ortho intramolecular Hbond substituents is 2. The Morgan fingerprint density at radius 3 is 2.14 bits per heavy atom. The van der Waals surface area contributed by atoms with Crippen molar-refractivity contribution in [3.8, 4) is 11.5 Å². The quantitative estimate of drug-likeness (QED) is 0.0665. The zero-order valence-corrected chi connectivity index (χ0v) is 44.9. The predicted molar refractivity (Wildman–Crippen MR) is 266 cm³/mol. The normalized spacial score (nSPS) is 35.0. The minimum absolute atomic E-state index is 0.0542. The lowest BCUT2D eigenvalue weighted by Gasteiger charge is -2.47. The number of esters is 3. The predicted octanol–water partition coefficient (Wildman–Crippen LogP) is 5.73. The molecule has 1 unspecified atom stereocenters. The number of hydrogen-bond acceptors (Lipinski definition) is 19. The molecule has 0 bridgehead atoms. The topological polar surface area (TPSA) is 287 Å². The molecule has 8 N–H and O–H groups in total. The molecule has 0 spiro atoms. The summed E-state index contributed by atoms with van der Waals surface area (Å²) in [6, 6.07) is 0. The molecule has 0 radical (unpaired) electrons. The van der Waals surface area contributed by atoms with E-state index in [2.05, 4.69) is 0 Å². The van der Waals surface area contributed by atoms with E-state index in [0.29, 0.717) is 23.1 Å². The second-order valence-corrected chi connectivity index (χ2v) is 20.4. The smallest absolute Gasteiger partial charge is 0.342 e. The van der Waals surface area contributed by atoms with E-state index in [1.54, 1.807) is 53.7 Å². The van der Waals surface area contributed by atoms with Crippen LogP contribution in [0.4, 0.5) is 0 Å². The highest BCUT2D eigenvalue weighted by Gasteiger charge is 2.53. The summed E-state index contributed by atoms with van der Waals surface area (Å²) in [6.07, 6.45) is -7.57. The Labute approximate surface area is 436 Å². The van der Waals surface area contributed by atoms with Gasteiger partial charge in [-0.05, 0) is 85.5 Å². The minimum Gasteiger partial charge on any atom is -0.505 e. The molecule has 3 aliphatic rings. The van der Waals surface area contributed by atoms with E-state index in [-0.39, 0.29) is 24.0 Å². The number of rotatable bonds is 13. The van der Waals surface area contributed by atoms with E-state index >= 15 is 0 Å². The van der Waals surface area contributed by atoms with E-state index in [1.165, 1.54) is 40.0 Å². The molecular weight excluding hydrogens is 999 g/mol. The van der Waals surface area contributed by atoms with Crippen LogP contribution < -0.4 is 0 Å². The number of ether oxygens (including phenoxy) is 8. The lowest BCUT2D eigenvalue weighted by molar-refractivity contribution is -0.333. The molecule has 2 fully saturated rings. The maximum absolute atomic E-state index is 14.0. The van der Waals surface area contributed by atoms with Crippen LogP contribution in [0.1, 0.15) is 117 Å². The van der Waals surface area contributed by atoms with Crippen molar-refractivity contribution in [2.45, 2.75) is 187 Å². The van der Waals surface area contributed by atoms with Crippen LogP contribution in [0.15, 0.2) is 58.7 Å². The van der Waals surface area contributed by atoms with Crippen LogP contribution in [-0.4, -0.2) is 158 Å². The summed E-state index contributed by atoms with van der Waals surface area (Å²) in [5.74, 6) is -5.31. The average molecular weight is 1070 g/mol. The number of halogens is 2. The fourth-order valence-electron chi connectivity index (χ4n) is 8.62. The molecule has 21 heteroatoms. The number of allylic oxidation sites excluding steroid dienone is 4. The zero-order valence-electron chi connectivity index (χ0n) is 43.4. The van der Waals surface area contributed by atoms with Crippen LogP contribution in [0, 0.1) is 11.8 Å². The number of benzene rings is 1. The van der Waals surface area contributed by atoms with Gasteiger partial charge < -0.3 is 78.7 Å². The van der Waals surface area contributed by atoms with Gasteiger partial charge in [-0.1, -0.05) is 79.9 Å². The summed E-state index contributed by atoms with van der Waals surface area (Å²) in [7, 11) is 1.23. The van der Waals surface area contributed by atoms with Gasteiger partial charge in [-0.2, -0.15) is 0 Å². The largest absolute Gasteiger partial charge is 0.505 e. The zero-order chi connectivity index (χ0) is 55.0. The van der Waals surface area contributed by atoms with Crippen molar-refractivity contribution in [2.24, 2.45) is 11.8 Å². The van der Waals surface area contributed by atoms with E-state index in [0.717, 1.165) is 0 Å². The Morgan fingerprint density at radius 1 is 0.890 bits per heavy atom. The lowest BCUT2D eigenvalue weighted by Crippen LogP contribution is -2.64. The maximum Gasteiger partial charge on any atom is 0.342 e. The molecule has 3 aliphatic heterocycles. The molecule has 4 rings (SSSR count). The number of cyclic esters (lactones) is 1. The molecule has 0 aliphatic carbocycles. The summed E-state index contributed by atoms with van der Waals surface area (Å²) in [4.78, 5) is 40.0. The van der Waals surface area contributed by atoms with Crippen LogP contribution >= 0.6 is 23.2 Å². The van der Waals surface area contributed by atoms with Crippen molar-refractivity contribution in [3.63, 3.8) is 0 Å². The monoisotopic (exact) mass is 1070 g/mol. The Hall–Kier alpha value is -3.93. The molecule has 0 saturated carbocycles. The third-order valence-electron chi connectivity index (χ3n) is 13.0. The molecular formula is C52H74Cl2O19. The summed E-state index contributed by atoms with van der Waals surface area (Å²) in [5.41, 5.74) is -0.437. The van der Waals surface area contributed by atoms with Gasteiger partial charge in [0, 0.05) is 25.0 Å². The second-order valence-electron chi connectivity index (χ2n) is 19.6. The molecule has 1 aromatic rings. The molecule has 1 aromatic carbocycles. The maximum atomic E-state index is 14.0. The molecule has 0 amide bonds. The number of carbonyl (C=O) groups excluding carboxylic acids is 3. The first-order valence-electron chi connectivity index (χ1n) is 24.2. The number of aliphatic hydroxyl groups is 6. The van der Waals surface area contributed by atoms with Crippen molar-refractivity contribution in [1.82, 2.24) is 0 Å². The SMILES string of the molecule is CC[C@H]1/C=C(\C)[C@@H](O)C/C=C/C=C(\CO[C@@H]2O[C@H](C)[C@@H](OC(=O)c3c(O)c(Cl)c(O)c(Cl)c3C(C)O)[C@H](O)[C@@H]2OC)C(=O)O[C@H]([C@@H](C)O)C/C=C(C)/C=C(\C)[C@@H]1O[C@@H]1OC(C)(C)[C@@H](OC(=O)C(C)C)[C@H](O)[C@@H]1O. The van der Waals surface area contributed by atoms with Gasteiger partial charge in [-0.25, -0.2) is 9.59 Å². The molecule has 0 aromatic heterocycles. The van der Waals surface area contributed by atoms with Crippen LogP contribution in [0.5, 0.6) is 11.5 Å². The summed E-state index contributed by atoms with van der Waals surface area (Å²) in [6.45, 7) is 17.5. The molecule has 410 valence electrons. The summed E-state index contributed by atoms with van der Waals surface area (Å²) >= 11 is 12.2. The number of hydrogen-bond donors (Lipinski definition) is 8. The molecule has 3 heterocycles. The third-order valence-corrected chi connectivity index (χ3v) is 13.7. The highest BCUT2D eigenvalue weighted by atomic mass is 35.5. The number of aromatic hydroxyl groups is 2. The van der Waals surface area contributed by atoms with Crippen LogP contribution in [0.3, 0.4) is 0 Å². The second kappa shape index (κ2) is 26.7. The standard InChI is InChI=1S/C52H74Cl2O19/c1-13-30-21-25(5)32(57)17-15-14-16-31(22-67-51-45(66-12)42(62)44(29(9)68-51)70-49(65)35-34(28(8)56)36(53)39(59)37(54)38(35)58)48(64)69-33(27(7)55)19-18-24(4)20-26(6)43(30)71-50-41(61)40(60)46(52(10,11)73-50)72-47(63)23(2)3/h14-16,18,20-21,23,27-30,32-33,40-46,50-51,55-62H,13,17,19,22H2,1-12H3/b15-14+,24-18+,25-21+,26-20+,31-16+/t27-,28?,29-,30+,32+,33+,40-,41+,42+,43+,44-,45+,46+,50-,51-/m1/s1. The number of phenols is 2. The van der Waals surface area contributed by atoms with Crippen molar-refractivity contribution in [1.29, 1.82) is 0 Å². The molecule has 15 atom stereocenters. The Morgan fingerprint density at radius 2 is 1.55 bits per heavy atom. The minimum atomic E-state index is -1.64. The van der Waals surface area contributed by atoms with Crippen LogP contribution in [0.25, 0.3) is 0 Å². The average Bonchev–Trinajstić information content (AvgIpc) is 3.31. The first-order valence-corrected chi connectivity index (χ1v) is 25.0. The third kappa shape index (κ3) is 15.1. The fourth-order valence-corrected chi connectivity index (χ4v) is 9.20. The van der Waals surface area contributed by atoms with E-state index in [1.807, 2.05) is 26.0 Å². The Kier molecular flexibility index (Phi) is 22.5. The van der Waals surface area contributed by atoms with Gasteiger partial charge in [-0.3, -0.25) is 4.79 Å². The highest BCUT2D eigenvalue weighted by molar-refractivity contribution is 6.39. The Balaban J connectivity index is 1.61. The first-order chi connectivity index (χ1) is 34.1. The summed E-state index contributed by atoms with van der Waals surface area (Å²) in [5, 5.41) is 86.5. The number of methoxy groups -OCH3 is 1. The van der Waals surface area contributed by atoms with Gasteiger partial charge in [0.25, 0.3) is 0 Å². The lowest BCUT2D eigenvalue weighted by atomic mass is 9.88. The van der Waals surface area contributed by atoms with E-state index in [9.17, 15) is 55.2 Å². The van der Waals surface area contributed by atoms with Crippen LogP contribution in [0.2, 0.25) is 10.0 Å². The van der Waals surface area contributed by atoms with Crippen molar-refractivity contribution < 1.29 is 93.1 Å². The van der Waals surface area contributed by atoms with Crippen molar-refractivity contribution >= 4 is 41.1 Å². The fraction of sp³-hybridized carbons (Fsp3) is 0.635. The van der Waals surface area contributed by atoms with E-state index in [4.69, 9.17) is 61.1 Å². The van der Waals surface area contributed by atoms with Gasteiger partial charge in [0.1, 0.15) is 46.7 Å². The van der Waals surface area contributed by atoms with Gasteiger partial charge in [0.15, 0.2) is 36.3 Å². The van der Waals surface area contributed by atoms with Crippen molar-refractivity contribution in [2.75, 3.05) is 13.7 Å².